The number of rotatable bonds is 6. The molecule has 1 amide bonds. The molecule has 11 heteroatoms. The number of ether oxygens (including phenoxy) is 1. The molecule has 3 aliphatic carbocycles. The third-order valence-corrected chi connectivity index (χ3v) is 8.60. The first-order chi connectivity index (χ1) is 17.3. The maximum Gasteiger partial charge on any atom is 0.235 e. The zero-order chi connectivity index (χ0) is 27.6. The molecule has 0 bridgehead atoms. The second kappa shape index (κ2) is 9.59. The average molecular weight is 623 g/mol. The second-order valence-electron chi connectivity index (χ2n) is 10.3. The van der Waals surface area contributed by atoms with Crippen molar-refractivity contribution < 1.29 is 33.8 Å². The Morgan fingerprint density at radius 1 is 1.24 bits per heavy atom. The summed E-state index contributed by atoms with van der Waals surface area (Å²) in [6, 6.07) is 0.804. The maximum atomic E-state index is 14.1. The van der Waals surface area contributed by atoms with Crippen molar-refractivity contribution in [3.63, 3.8) is 0 Å². The number of amides is 1. The van der Waals surface area contributed by atoms with Gasteiger partial charge in [0.25, 0.3) is 0 Å². The van der Waals surface area contributed by atoms with Crippen LogP contribution < -0.4 is 15.4 Å². The van der Waals surface area contributed by atoms with Gasteiger partial charge in [-0.2, -0.15) is 0 Å². The SMILES string of the molecule is C=CCOc1c(I)cc(N(C)C)c2c1C(=O)C1C(=O)[C@]3(O)C(=O)C(C(N)=O)C(=O)[C@@H](N(C)C)C3CC1C2. The van der Waals surface area contributed by atoms with Crippen molar-refractivity contribution in [1.29, 1.82) is 0 Å². The third kappa shape index (κ3) is 3.93. The van der Waals surface area contributed by atoms with E-state index in [0.29, 0.717) is 21.3 Å². The van der Waals surface area contributed by atoms with E-state index >= 15 is 0 Å². The van der Waals surface area contributed by atoms with Crippen molar-refractivity contribution in [2.24, 2.45) is 29.4 Å². The van der Waals surface area contributed by atoms with Crippen molar-refractivity contribution >= 4 is 57.3 Å². The molecule has 0 heterocycles. The van der Waals surface area contributed by atoms with Crippen LogP contribution in [0.5, 0.6) is 5.75 Å². The topological polar surface area (TPSA) is 147 Å². The lowest BCUT2D eigenvalue weighted by Crippen LogP contribution is -2.74. The Balaban J connectivity index is 1.91. The molecule has 0 saturated heterocycles. The van der Waals surface area contributed by atoms with E-state index in [1.165, 1.54) is 4.90 Å². The molecule has 0 spiro atoms. The van der Waals surface area contributed by atoms with Gasteiger partial charge in [-0.1, -0.05) is 12.7 Å². The molecule has 4 unspecified atom stereocenters. The van der Waals surface area contributed by atoms with Crippen LogP contribution in [0, 0.1) is 27.2 Å². The van der Waals surface area contributed by atoms with Crippen LogP contribution in [0.3, 0.4) is 0 Å². The molecule has 37 heavy (non-hydrogen) atoms. The number of nitrogens with two attached hydrogens (primary N) is 1. The van der Waals surface area contributed by atoms with E-state index in [0.717, 1.165) is 5.69 Å². The van der Waals surface area contributed by atoms with E-state index in [-0.39, 0.29) is 18.6 Å². The molecule has 0 radical (unpaired) electrons. The summed E-state index contributed by atoms with van der Waals surface area (Å²) < 4.78 is 6.51. The number of carbonyl (C=O) groups excluding carboxylic acids is 5. The summed E-state index contributed by atoms with van der Waals surface area (Å²) in [5, 5.41) is 11.7. The monoisotopic (exact) mass is 623 g/mol. The zero-order valence-electron chi connectivity index (χ0n) is 21.1. The Kier molecular flexibility index (Phi) is 7.10. The van der Waals surface area contributed by atoms with E-state index in [4.69, 9.17) is 10.5 Å². The van der Waals surface area contributed by atoms with Gasteiger partial charge in [0, 0.05) is 25.7 Å². The van der Waals surface area contributed by atoms with Gasteiger partial charge in [-0.15, -0.1) is 0 Å². The molecule has 6 atom stereocenters. The molecule has 0 aliphatic heterocycles. The molecule has 2 fully saturated rings. The standard InChI is InChI=1S/C26H30IN3O7/c1-6-7-37-22-14(27)10-15(29(2)3)12-8-11-9-13-19(30(4)5)21(32)18(25(28)35)24(34)26(13,36)23(33)16(11)20(31)17(12)22/h6,10-11,13,16,18-19,36H,1,7-9H2,2-5H3,(H2,28,35)/t11?,13?,16?,18?,19-,26-/m0/s1. The number of primary amides is 1. The van der Waals surface area contributed by atoms with Gasteiger partial charge in [0.05, 0.1) is 21.1 Å². The molecule has 1 aromatic carbocycles. The quantitative estimate of drug-likeness (QED) is 0.261. The molecule has 198 valence electrons. The van der Waals surface area contributed by atoms with Gasteiger partial charge in [0.1, 0.15) is 12.4 Å². The number of aliphatic hydroxyl groups is 1. The lowest BCUT2D eigenvalue weighted by molar-refractivity contribution is -0.181. The minimum absolute atomic E-state index is 0.0611. The highest BCUT2D eigenvalue weighted by Gasteiger charge is 2.69. The lowest BCUT2D eigenvalue weighted by Gasteiger charge is -2.52. The van der Waals surface area contributed by atoms with Crippen molar-refractivity contribution in [2.45, 2.75) is 24.5 Å². The summed E-state index contributed by atoms with van der Waals surface area (Å²) in [4.78, 5) is 70.1. The van der Waals surface area contributed by atoms with Crippen molar-refractivity contribution in [3.8, 4) is 5.75 Å². The molecule has 0 aromatic heterocycles. The Labute approximate surface area is 228 Å². The van der Waals surface area contributed by atoms with Crippen molar-refractivity contribution in [2.75, 3.05) is 39.7 Å². The minimum Gasteiger partial charge on any atom is -0.488 e. The highest BCUT2D eigenvalue weighted by Crippen LogP contribution is 2.52. The number of ketones is 4. The summed E-state index contributed by atoms with van der Waals surface area (Å²) >= 11 is 2.06. The average Bonchev–Trinajstić information content (AvgIpc) is 2.80. The van der Waals surface area contributed by atoms with E-state index < -0.39 is 64.4 Å². The third-order valence-electron chi connectivity index (χ3n) is 7.80. The smallest absolute Gasteiger partial charge is 0.235 e. The van der Waals surface area contributed by atoms with Crippen LogP contribution in [0.4, 0.5) is 5.69 Å². The Morgan fingerprint density at radius 2 is 1.89 bits per heavy atom. The maximum absolute atomic E-state index is 14.1. The fraction of sp³-hybridized carbons (Fsp3) is 0.500. The first kappa shape index (κ1) is 27.4. The number of hydrogen-bond donors (Lipinski definition) is 2. The van der Waals surface area contributed by atoms with Crippen LogP contribution >= 0.6 is 22.6 Å². The number of benzene rings is 1. The fourth-order valence-corrected chi connectivity index (χ4v) is 7.01. The summed E-state index contributed by atoms with van der Waals surface area (Å²) in [5.74, 6) is -9.40. The van der Waals surface area contributed by atoms with Gasteiger partial charge in [0.15, 0.2) is 34.7 Å². The molecular weight excluding hydrogens is 593 g/mol. The largest absolute Gasteiger partial charge is 0.488 e. The number of anilines is 1. The van der Waals surface area contributed by atoms with E-state index in [2.05, 4.69) is 29.2 Å². The van der Waals surface area contributed by atoms with E-state index in [9.17, 15) is 29.1 Å². The number of likely N-dealkylation sites (N-methyl/N-ethyl adjacent to an activating group) is 1. The molecule has 4 rings (SSSR count). The predicted octanol–water partition coefficient (Wildman–Crippen LogP) is 0.397. The Hall–Kier alpha value is -2.64. The summed E-state index contributed by atoms with van der Waals surface area (Å²) in [7, 11) is 6.84. The zero-order valence-corrected chi connectivity index (χ0v) is 23.3. The molecule has 10 nitrogen and oxygen atoms in total. The lowest BCUT2D eigenvalue weighted by atomic mass is 9.52. The first-order valence-electron chi connectivity index (χ1n) is 11.9. The first-order valence-corrected chi connectivity index (χ1v) is 13.0. The summed E-state index contributed by atoms with van der Waals surface area (Å²) in [5.41, 5.74) is 4.42. The van der Waals surface area contributed by atoms with Gasteiger partial charge < -0.3 is 20.5 Å². The minimum atomic E-state index is -2.69. The molecule has 3 aliphatic rings. The molecule has 1 aromatic rings. The van der Waals surface area contributed by atoms with Gasteiger partial charge in [-0.25, -0.2) is 0 Å². The van der Waals surface area contributed by atoms with Crippen LogP contribution in [-0.2, 0) is 25.6 Å². The van der Waals surface area contributed by atoms with Gasteiger partial charge in [-0.3, -0.25) is 28.9 Å². The van der Waals surface area contributed by atoms with E-state index in [1.807, 2.05) is 25.1 Å². The highest BCUT2D eigenvalue weighted by atomic mass is 127. The second-order valence-corrected chi connectivity index (χ2v) is 11.5. The normalized spacial score (nSPS) is 30.9. The van der Waals surface area contributed by atoms with Crippen LogP contribution in [0.25, 0.3) is 0 Å². The van der Waals surface area contributed by atoms with Crippen LogP contribution in [-0.4, -0.2) is 85.5 Å². The van der Waals surface area contributed by atoms with Gasteiger partial charge >= 0.3 is 0 Å². The molecular formula is C26H30IN3O7. The number of carbonyl (C=O) groups is 5. The number of nitrogens with zero attached hydrogens (tertiary/aromatic N) is 2. The van der Waals surface area contributed by atoms with Crippen molar-refractivity contribution in [3.05, 3.63) is 33.4 Å². The summed E-state index contributed by atoms with van der Waals surface area (Å²) in [6.45, 7) is 3.79. The van der Waals surface area contributed by atoms with Crippen molar-refractivity contribution in [1.82, 2.24) is 4.90 Å². The van der Waals surface area contributed by atoms with Crippen LogP contribution in [0.15, 0.2) is 18.7 Å². The summed E-state index contributed by atoms with van der Waals surface area (Å²) in [6.07, 6.45) is 1.91. The predicted molar refractivity (Wildman–Crippen MR) is 142 cm³/mol. The number of Topliss-reactive ketones (excluding diaryl/α,β-unsaturated/α-hetero) is 4. The van der Waals surface area contributed by atoms with Gasteiger partial charge in [0.2, 0.25) is 5.91 Å². The number of halogens is 1. The molecule has 2 saturated carbocycles. The Morgan fingerprint density at radius 3 is 2.43 bits per heavy atom. The van der Waals surface area contributed by atoms with E-state index in [1.54, 1.807) is 20.2 Å². The van der Waals surface area contributed by atoms with Crippen LogP contribution in [0.1, 0.15) is 22.3 Å². The molecule has 3 N–H and O–H groups in total. The van der Waals surface area contributed by atoms with Crippen LogP contribution in [0.2, 0.25) is 0 Å². The Bertz CT molecular complexity index is 1240. The number of hydrogen-bond acceptors (Lipinski definition) is 9. The fourth-order valence-electron chi connectivity index (χ4n) is 6.29. The van der Waals surface area contributed by atoms with Gasteiger partial charge in [-0.05, 0) is 67.1 Å². The number of fused-ring (bicyclic) bond motifs is 3. The highest BCUT2D eigenvalue weighted by molar-refractivity contribution is 14.1.